The maximum Gasteiger partial charge on any atom is 0.407 e. The number of hydrogen-bond donors (Lipinski definition) is 1. The van der Waals surface area contributed by atoms with Gasteiger partial charge in [-0.1, -0.05) is 32.0 Å². The molecule has 2 aromatic rings. The van der Waals surface area contributed by atoms with Crippen molar-refractivity contribution in [3.05, 3.63) is 52.6 Å². The molecule has 0 aromatic heterocycles. The van der Waals surface area contributed by atoms with Gasteiger partial charge < -0.3 is 14.8 Å². The van der Waals surface area contributed by atoms with Crippen molar-refractivity contribution in [1.82, 2.24) is 10.2 Å². The number of hydrogen-bond acceptors (Lipinski definition) is 4. The molecule has 36 heavy (non-hydrogen) atoms. The van der Waals surface area contributed by atoms with Crippen LogP contribution in [0.15, 0.2) is 30.3 Å². The number of fused-ring (bicyclic) bond motifs is 4. The summed E-state index contributed by atoms with van der Waals surface area (Å²) in [7, 11) is 0. The van der Waals surface area contributed by atoms with E-state index >= 15 is 0 Å². The van der Waals surface area contributed by atoms with Crippen LogP contribution in [0.25, 0.3) is 11.1 Å². The lowest BCUT2D eigenvalue weighted by Crippen LogP contribution is -2.53. The molecular formula is C31H42N2O3. The van der Waals surface area contributed by atoms with Gasteiger partial charge >= 0.3 is 6.09 Å². The zero-order valence-electron chi connectivity index (χ0n) is 22.7. The Bertz CT molecular complexity index is 1090. The first-order valence-corrected chi connectivity index (χ1v) is 13.9. The summed E-state index contributed by atoms with van der Waals surface area (Å²) in [5, 5.41) is 3.34. The molecule has 5 heteroatoms. The van der Waals surface area contributed by atoms with Gasteiger partial charge in [0.1, 0.15) is 11.9 Å². The van der Waals surface area contributed by atoms with E-state index < -0.39 is 0 Å². The van der Waals surface area contributed by atoms with Gasteiger partial charge in [0.15, 0.2) is 0 Å². The summed E-state index contributed by atoms with van der Waals surface area (Å²) >= 11 is 0. The number of nitrogens with zero attached hydrogens (tertiary/aromatic N) is 1. The molecule has 0 spiro atoms. The minimum atomic E-state index is -0.250. The first-order chi connectivity index (χ1) is 17.4. The number of rotatable bonds is 7. The Morgan fingerprint density at radius 1 is 1.03 bits per heavy atom. The number of benzene rings is 2. The number of piperidine rings is 3. The van der Waals surface area contributed by atoms with Crippen molar-refractivity contribution < 1.29 is 14.3 Å². The maximum atomic E-state index is 13.2. The van der Waals surface area contributed by atoms with Crippen LogP contribution in [-0.2, 0) is 11.2 Å². The molecular weight excluding hydrogens is 448 g/mol. The summed E-state index contributed by atoms with van der Waals surface area (Å²) in [5.74, 6) is 1.51. The number of nitrogens with one attached hydrogen (secondary N) is 1. The summed E-state index contributed by atoms with van der Waals surface area (Å²) in [5.41, 5.74) is 7.37. The molecule has 5 nitrogen and oxygen atoms in total. The molecule has 0 saturated carbocycles. The van der Waals surface area contributed by atoms with E-state index in [2.05, 4.69) is 68.2 Å². The normalized spacial score (nSPS) is 25.9. The van der Waals surface area contributed by atoms with Crippen LogP contribution in [0.3, 0.4) is 0 Å². The van der Waals surface area contributed by atoms with Gasteiger partial charge in [-0.3, -0.25) is 4.90 Å². The highest BCUT2D eigenvalue weighted by Gasteiger charge is 2.45. The average molecular weight is 491 g/mol. The van der Waals surface area contributed by atoms with E-state index in [0.29, 0.717) is 12.5 Å². The smallest absolute Gasteiger partial charge is 0.407 e. The van der Waals surface area contributed by atoms with Gasteiger partial charge in [0.2, 0.25) is 0 Å². The van der Waals surface area contributed by atoms with E-state index in [1.54, 1.807) is 0 Å². The summed E-state index contributed by atoms with van der Waals surface area (Å²) in [4.78, 5) is 15.6. The van der Waals surface area contributed by atoms with Crippen LogP contribution in [-0.4, -0.2) is 43.3 Å². The van der Waals surface area contributed by atoms with Crippen molar-refractivity contribution >= 4 is 6.09 Å². The Morgan fingerprint density at radius 2 is 1.72 bits per heavy atom. The highest BCUT2D eigenvalue weighted by atomic mass is 16.6. The largest absolute Gasteiger partial charge is 0.493 e. The molecule has 6 rings (SSSR count). The van der Waals surface area contributed by atoms with Crippen LogP contribution in [0.5, 0.6) is 5.75 Å². The van der Waals surface area contributed by atoms with Crippen LogP contribution in [0.4, 0.5) is 4.79 Å². The van der Waals surface area contributed by atoms with Gasteiger partial charge in [-0.05, 0) is 123 Å². The fourth-order valence-electron chi connectivity index (χ4n) is 6.99. The minimum absolute atomic E-state index is 0.0136. The van der Waals surface area contributed by atoms with Gasteiger partial charge in [-0.15, -0.1) is 0 Å². The van der Waals surface area contributed by atoms with E-state index in [-0.39, 0.29) is 23.7 Å². The van der Waals surface area contributed by atoms with Crippen LogP contribution in [0.2, 0.25) is 0 Å². The lowest BCUT2D eigenvalue weighted by atomic mass is 9.76. The third-order valence-corrected chi connectivity index (χ3v) is 9.22. The van der Waals surface area contributed by atoms with Gasteiger partial charge in [0, 0.05) is 6.54 Å². The van der Waals surface area contributed by atoms with Crippen molar-refractivity contribution in [3.8, 4) is 16.9 Å². The first kappa shape index (κ1) is 25.1. The molecule has 4 aliphatic rings. The lowest BCUT2D eigenvalue weighted by Gasteiger charge is -2.44. The van der Waals surface area contributed by atoms with Crippen LogP contribution < -0.4 is 10.1 Å². The summed E-state index contributed by atoms with van der Waals surface area (Å²) < 4.78 is 11.9. The predicted octanol–water partition coefficient (Wildman–Crippen LogP) is 6.59. The Kier molecular flexibility index (Phi) is 7.04. The Balaban J connectivity index is 1.39. The molecule has 1 N–H and O–H groups in total. The van der Waals surface area contributed by atoms with Gasteiger partial charge in [0.25, 0.3) is 0 Å². The lowest BCUT2D eigenvalue weighted by molar-refractivity contribution is -0.0353. The first-order valence-electron chi connectivity index (χ1n) is 13.9. The highest BCUT2D eigenvalue weighted by molar-refractivity contribution is 5.71. The van der Waals surface area contributed by atoms with Crippen molar-refractivity contribution in [3.63, 3.8) is 0 Å². The van der Waals surface area contributed by atoms with Gasteiger partial charge in [-0.25, -0.2) is 4.79 Å². The van der Waals surface area contributed by atoms with Crippen molar-refractivity contribution in [2.75, 3.05) is 26.2 Å². The molecule has 0 radical (unpaired) electrons. The zero-order chi connectivity index (χ0) is 25.4. The Labute approximate surface area is 216 Å². The fourth-order valence-corrected chi connectivity index (χ4v) is 6.99. The Morgan fingerprint density at radius 3 is 2.31 bits per heavy atom. The monoisotopic (exact) mass is 490 g/mol. The zero-order valence-corrected chi connectivity index (χ0v) is 22.7. The molecule has 2 aromatic carbocycles. The molecule has 2 bridgehead atoms. The quantitative estimate of drug-likeness (QED) is 0.475. The molecule has 1 aliphatic carbocycles. The molecule has 194 valence electrons. The SMILES string of the molecule is CCOc1c(C)cc(-c2ccc3c(c2)CC(CC)(CC)C3NC(=O)O[C@H]2CN3CCC2CC3)cc1C. The Hall–Kier alpha value is -2.53. The van der Waals surface area contributed by atoms with Crippen LogP contribution in [0.1, 0.15) is 74.8 Å². The van der Waals surface area contributed by atoms with E-state index in [9.17, 15) is 4.79 Å². The maximum absolute atomic E-state index is 13.2. The van der Waals surface area contributed by atoms with E-state index in [4.69, 9.17) is 9.47 Å². The third kappa shape index (κ3) is 4.51. The number of carbonyl (C=O) groups excluding carboxylic acids is 1. The van der Waals surface area contributed by atoms with Gasteiger partial charge in [0.05, 0.1) is 12.6 Å². The van der Waals surface area contributed by atoms with Crippen molar-refractivity contribution in [1.29, 1.82) is 0 Å². The summed E-state index contributed by atoms with van der Waals surface area (Å²) in [6.45, 7) is 14.6. The molecule has 3 saturated heterocycles. The molecule has 3 fully saturated rings. The number of carbonyl (C=O) groups is 1. The van der Waals surface area contributed by atoms with E-state index in [1.807, 2.05) is 6.92 Å². The number of ether oxygens (including phenoxy) is 2. The molecule has 1 amide bonds. The summed E-state index contributed by atoms with van der Waals surface area (Å²) in [6, 6.07) is 11.2. The number of aryl methyl sites for hydroxylation is 2. The minimum Gasteiger partial charge on any atom is -0.493 e. The van der Waals surface area contributed by atoms with Crippen molar-refractivity contribution in [2.45, 2.75) is 78.9 Å². The van der Waals surface area contributed by atoms with E-state index in [1.165, 1.54) is 33.4 Å². The van der Waals surface area contributed by atoms with Gasteiger partial charge in [-0.2, -0.15) is 0 Å². The van der Waals surface area contributed by atoms with Crippen LogP contribution >= 0.6 is 0 Å². The predicted molar refractivity (Wildman–Crippen MR) is 145 cm³/mol. The molecule has 2 atom stereocenters. The standard InChI is InChI=1S/C31H42N2O3/c1-6-31(7-2)18-25-17-23(24-15-20(4)28(35-8-3)21(5)16-24)9-10-26(25)29(31)32-30(34)36-27-19-33-13-11-22(27)12-14-33/h9-10,15-17,22,27,29H,6-8,11-14,18-19H2,1-5H3,(H,32,34)/t27-,29?/m0/s1. The number of alkyl carbamates (subject to hydrolysis) is 1. The summed E-state index contributed by atoms with van der Waals surface area (Å²) in [6.07, 6.45) is 5.07. The fraction of sp³-hybridized carbons (Fsp3) is 0.581. The second-order valence-electron chi connectivity index (χ2n) is 11.2. The van der Waals surface area contributed by atoms with Crippen molar-refractivity contribution in [2.24, 2.45) is 11.3 Å². The molecule has 1 unspecified atom stereocenters. The van der Waals surface area contributed by atoms with Crippen LogP contribution in [0, 0.1) is 25.2 Å². The molecule has 3 heterocycles. The second kappa shape index (κ2) is 10.1. The molecule has 3 aliphatic heterocycles. The second-order valence-corrected chi connectivity index (χ2v) is 11.2. The average Bonchev–Trinajstić information content (AvgIpc) is 3.19. The highest BCUT2D eigenvalue weighted by Crippen LogP contribution is 2.51. The third-order valence-electron chi connectivity index (χ3n) is 9.22. The number of amides is 1. The topological polar surface area (TPSA) is 50.8 Å². The van der Waals surface area contributed by atoms with E-state index in [0.717, 1.165) is 57.5 Å².